The molecule has 3 aliphatic heterocycles. The molecule has 0 spiro atoms. The molecule has 3 atom stereocenters. The minimum Gasteiger partial charge on any atom is -0.481 e. The van der Waals surface area contributed by atoms with Crippen molar-refractivity contribution in [3.63, 3.8) is 0 Å². The molecule has 11 nitrogen and oxygen atoms in total. The van der Waals surface area contributed by atoms with Crippen LogP contribution < -0.4 is 0 Å². The topological polar surface area (TPSA) is 119 Å². The zero-order valence-electron chi connectivity index (χ0n) is 22.3. The molecule has 3 aliphatic rings. The number of rotatable bonds is 9. The van der Waals surface area contributed by atoms with E-state index in [1.807, 2.05) is 33.4 Å². The number of hydrogen-bond acceptors (Lipinski definition) is 9. The molecule has 212 valence electrons. The van der Waals surface area contributed by atoms with E-state index in [9.17, 15) is 19.5 Å². The maximum atomic E-state index is 13.1. The van der Waals surface area contributed by atoms with E-state index in [-0.39, 0.29) is 25.2 Å². The fraction of sp³-hybridized carbons (Fsp3) is 0.444. The fourth-order valence-corrected chi connectivity index (χ4v) is 6.13. The minimum atomic E-state index is -0.919. The average molecular weight is 587 g/mol. The van der Waals surface area contributed by atoms with Gasteiger partial charge in [-0.3, -0.25) is 14.7 Å². The lowest BCUT2D eigenvalue weighted by atomic mass is 9.98. The van der Waals surface area contributed by atoms with Crippen molar-refractivity contribution in [2.75, 3.05) is 46.0 Å². The molecule has 0 aliphatic carbocycles. The summed E-state index contributed by atoms with van der Waals surface area (Å²) in [7, 11) is 0. The highest BCUT2D eigenvalue weighted by molar-refractivity contribution is 7.11. The van der Waals surface area contributed by atoms with E-state index in [0.717, 1.165) is 0 Å². The molecule has 40 heavy (non-hydrogen) atoms. The van der Waals surface area contributed by atoms with Crippen LogP contribution in [0.15, 0.2) is 52.6 Å². The Labute approximate surface area is 241 Å². The summed E-state index contributed by atoms with van der Waals surface area (Å²) in [4.78, 5) is 54.5. The highest BCUT2D eigenvalue weighted by atomic mass is 35.5. The summed E-state index contributed by atoms with van der Waals surface area (Å²) in [6.07, 6.45) is 3.49. The molecule has 0 saturated carbocycles. The summed E-state index contributed by atoms with van der Waals surface area (Å²) in [5.74, 6) is -1.40. The number of aliphatic imine (C=N–C) groups is 1. The Morgan fingerprint density at radius 2 is 2.05 bits per heavy atom. The summed E-state index contributed by atoms with van der Waals surface area (Å²) in [5.41, 5.74) is 1.07. The third-order valence-corrected chi connectivity index (χ3v) is 8.34. The van der Waals surface area contributed by atoms with Gasteiger partial charge in [-0.2, -0.15) is 0 Å². The van der Waals surface area contributed by atoms with Gasteiger partial charge in [0.05, 0.1) is 30.8 Å². The Morgan fingerprint density at radius 3 is 2.75 bits per heavy atom. The first-order chi connectivity index (χ1) is 19.3. The first kappa shape index (κ1) is 28.1. The molecule has 1 N–H and O–H groups in total. The van der Waals surface area contributed by atoms with E-state index in [0.29, 0.717) is 59.9 Å². The number of benzene rings is 1. The molecule has 0 bridgehead atoms. The largest absolute Gasteiger partial charge is 0.481 e. The first-order valence-electron chi connectivity index (χ1n) is 13.1. The summed E-state index contributed by atoms with van der Waals surface area (Å²) in [5, 5.41) is 12.4. The number of carbonyl (C=O) groups is 3. The lowest BCUT2D eigenvalue weighted by molar-refractivity contribution is -0.141. The van der Waals surface area contributed by atoms with Crippen LogP contribution in [0.5, 0.6) is 0 Å². The van der Waals surface area contributed by atoms with Crippen LogP contribution in [0.1, 0.15) is 30.5 Å². The van der Waals surface area contributed by atoms with Crippen LogP contribution in [0, 0.1) is 5.92 Å². The predicted molar refractivity (Wildman–Crippen MR) is 150 cm³/mol. The second-order valence-corrected chi connectivity index (χ2v) is 11.3. The molecule has 2 fully saturated rings. The number of nitrogens with zero attached hydrogens (tertiary/aromatic N) is 6. The number of urea groups is 1. The third kappa shape index (κ3) is 5.70. The zero-order chi connectivity index (χ0) is 28.4. The molecule has 1 aromatic carbocycles. The van der Waals surface area contributed by atoms with Crippen molar-refractivity contribution in [2.24, 2.45) is 10.9 Å². The van der Waals surface area contributed by atoms with Gasteiger partial charge in [0, 0.05) is 61.1 Å². The van der Waals surface area contributed by atoms with E-state index in [2.05, 4.69) is 9.88 Å². The number of hydrogen-bond donors (Lipinski definition) is 1. The monoisotopic (exact) mass is 586 g/mol. The van der Waals surface area contributed by atoms with Gasteiger partial charge >= 0.3 is 18.0 Å². The number of aliphatic carboxylic acids is 1. The van der Waals surface area contributed by atoms with Crippen LogP contribution in [0.25, 0.3) is 0 Å². The van der Waals surface area contributed by atoms with Crippen LogP contribution >= 0.6 is 22.9 Å². The standard InChI is InChI=1S/C27H31ClN6O5S/c1-3-39-26(37)20-15-33(23(24-29-8-11-40-24)30-22(20)19-6-4-5-7-21(19)28)16-31-9-10-34-18(13-31)14-32(27(34)38)12-17(2)25(35)36/h4-8,11,15,17-18,22H,3,9-10,12-14,16H2,1-2H3,(H,35,36)/t17?,18-,22-/m0/s1. The Kier molecular flexibility index (Phi) is 8.38. The van der Waals surface area contributed by atoms with Gasteiger partial charge in [-0.25, -0.2) is 14.6 Å². The average Bonchev–Trinajstić information content (AvgIpc) is 3.57. The molecule has 0 radical (unpaired) electrons. The van der Waals surface area contributed by atoms with Crippen molar-refractivity contribution in [1.29, 1.82) is 0 Å². The highest BCUT2D eigenvalue weighted by Crippen LogP contribution is 2.36. The van der Waals surface area contributed by atoms with Gasteiger partial charge in [0.15, 0.2) is 10.8 Å². The van der Waals surface area contributed by atoms with E-state index in [1.165, 1.54) is 11.3 Å². The summed E-state index contributed by atoms with van der Waals surface area (Å²) < 4.78 is 5.40. The van der Waals surface area contributed by atoms with Gasteiger partial charge in [0.25, 0.3) is 0 Å². The number of ether oxygens (including phenoxy) is 1. The van der Waals surface area contributed by atoms with E-state index < -0.39 is 23.9 Å². The molecular formula is C27H31ClN6O5S. The minimum absolute atomic E-state index is 0.0586. The van der Waals surface area contributed by atoms with E-state index in [1.54, 1.807) is 37.2 Å². The quantitative estimate of drug-likeness (QED) is 0.445. The van der Waals surface area contributed by atoms with Crippen LogP contribution in [0.2, 0.25) is 5.02 Å². The second kappa shape index (κ2) is 11.9. The number of aromatic nitrogens is 1. The number of halogens is 1. The molecule has 2 aromatic rings. The molecule has 1 unspecified atom stereocenters. The lowest BCUT2D eigenvalue weighted by Gasteiger charge is -2.40. The number of amides is 2. The van der Waals surface area contributed by atoms with Gasteiger partial charge < -0.3 is 24.5 Å². The Morgan fingerprint density at radius 1 is 1.25 bits per heavy atom. The van der Waals surface area contributed by atoms with Crippen molar-refractivity contribution in [2.45, 2.75) is 25.9 Å². The maximum Gasteiger partial charge on any atom is 0.338 e. The van der Waals surface area contributed by atoms with Gasteiger partial charge in [0.2, 0.25) is 0 Å². The molecule has 5 rings (SSSR count). The van der Waals surface area contributed by atoms with Gasteiger partial charge in [0.1, 0.15) is 6.04 Å². The van der Waals surface area contributed by atoms with Crippen molar-refractivity contribution >= 4 is 46.7 Å². The number of esters is 1. The summed E-state index contributed by atoms with van der Waals surface area (Å²) >= 11 is 7.99. The number of piperazine rings is 1. The number of amidine groups is 1. The molecule has 13 heteroatoms. The van der Waals surface area contributed by atoms with Crippen molar-refractivity contribution < 1.29 is 24.2 Å². The summed E-state index contributed by atoms with van der Waals surface area (Å²) in [6, 6.07) is 6.48. The molecule has 4 heterocycles. The first-order valence-corrected chi connectivity index (χ1v) is 14.4. The fourth-order valence-electron chi connectivity index (χ4n) is 5.25. The summed E-state index contributed by atoms with van der Waals surface area (Å²) in [6.45, 7) is 6.40. The Hall–Kier alpha value is -3.48. The lowest BCUT2D eigenvalue weighted by Crippen LogP contribution is -2.54. The molecular weight excluding hydrogens is 556 g/mol. The second-order valence-electron chi connectivity index (χ2n) is 9.98. The van der Waals surface area contributed by atoms with Crippen molar-refractivity contribution in [3.8, 4) is 0 Å². The van der Waals surface area contributed by atoms with Crippen LogP contribution in [0.4, 0.5) is 4.79 Å². The van der Waals surface area contributed by atoms with E-state index >= 15 is 0 Å². The molecule has 2 saturated heterocycles. The number of fused-ring (bicyclic) bond motifs is 1. The molecule has 2 amide bonds. The van der Waals surface area contributed by atoms with Gasteiger partial charge in [-0.15, -0.1) is 11.3 Å². The van der Waals surface area contributed by atoms with Crippen LogP contribution in [-0.2, 0) is 14.3 Å². The SMILES string of the molecule is CCOC(=O)C1=CN(CN2CCN3C(=O)N(CC(C)C(=O)O)C[C@@H]3C2)C(c2nccs2)=N[C@H]1c1ccccc1Cl. The van der Waals surface area contributed by atoms with Gasteiger partial charge in [-0.1, -0.05) is 36.7 Å². The Bertz CT molecular complexity index is 1330. The number of carboxylic acids is 1. The van der Waals surface area contributed by atoms with E-state index in [4.69, 9.17) is 21.3 Å². The number of carboxylic acid groups (broad SMARTS) is 1. The van der Waals surface area contributed by atoms with Crippen molar-refractivity contribution in [3.05, 3.63) is 63.2 Å². The highest BCUT2D eigenvalue weighted by Gasteiger charge is 2.42. The van der Waals surface area contributed by atoms with Crippen LogP contribution in [-0.4, -0.2) is 106 Å². The van der Waals surface area contributed by atoms with Gasteiger partial charge in [-0.05, 0) is 13.0 Å². The van der Waals surface area contributed by atoms with Crippen molar-refractivity contribution in [1.82, 2.24) is 24.6 Å². The number of thiazole rings is 1. The smallest absolute Gasteiger partial charge is 0.338 e. The molecule has 1 aromatic heterocycles. The zero-order valence-corrected chi connectivity index (χ0v) is 23.8. The normalized spacial score (nSPS) is 22.1. The number of carbonyl (C=O) groups excluding carboxylic acids is 2. The predicted octanol–water partition coefficient (Wildman–Crippen LogP) is 3.15. The third-order valence-electron chi connectivity index (χ3n) is 7.23. The Balaban J connectivity index is 1.40. The van der Waals surface area contributed by atoms with Crippen LogP contribution in [0.3, 0.4) is 0 Å². The maximum absolute atomic E-state index is 13.1.